The van der Waals surface area contributed by atoms with Gasteiger partial charge in [-0.1, -0.05) is 67.6 Å². The lowest BCUT2D eigenvalue weighted by atomic mass is 9.95. The summed E-state index contributed by atoms with van der Waals surface area (Å²) in [5.41, 5.74) is 3.22. The Labute approximate surface area is 207 Å². The highest BCUT2D eigenvalue weighted by molar-refractivity contribution is 7.10. The molecule has 0 aliphatic carbocycles. The highest BCUT2D eigenvalue weighted by atomic mass is 32.1. The topological polar surface area (TPSA) is 49.9 Å². The summed E-state index contributed by atoms with van der Waals surface area (Å²) in [5, 5.41) is 2.05. The summed E-state index contributed by atoms with van der Waals surface area (Å²) >= 11 is 1.66. The van der Waals surface area contributed by atoms with Crippen LogP contribution in [0.1, 0.15) is 40.8 Å². The number of benzene rings is 2. The van der Waals surface area contributed by atoms with Gasteiger partial charge in [0.2, 0.25) is 11.8 Å². The number of aryl methyl sites for hydroxylation is 1. The normalized spacial score (nSPS) is 11.7. The molecule has 6 heteroatoms. The first-order valence-electron chi connectivity index (χ1n) is 11.7. The lowest BCUT2D eigenvalue weighted by molar-refractivity contribution is -0.142. The molecule has 1 unspecified atom stereocenters. The van der Waals surface area contributed by atoms with E-state index in [1.165, 1.54) is 5.56 Å². The van der Waals surface area contributed by atoms with Crippen molar-refractivity contribution in [1.29, 1.82) is 0 Å². The molecule has 5 nitrogen and oxygen atoms in total. The maximum Gasteiger partial charge on any atom is 0.242 e. The van der Waals surface area contributed by atoms with Crippen LogP contribution in [0.2, 0.25) is 0 Å². The molecule has 0 saturated carbocycles. The van der Waals surface area contributed by atoms with Gasteiger partial charge in [0.15, 0.2) is 0 Å². The third kappa shape index (κ3) is 7.02. The lowest BCUT2D eigenvalue weighted by Gasteiger charge is -2.30. The van der Waals surface area contributed by atoms with Gasteiger partial charge in [0, 0.05) is 25.1 Å². The van der Waals surface area contributed by atoms with Gasteiger partial charge in [0.25, 0.3) is 0 Å². The Morgan fingerprint density at radius 3 is 2.21 bits per heavy atom. The number of hydrogen-bond donors (Lipinski definition) is 0. The number of thiophene rings is 1. The average Bonchev–Trinajstić information content (AvgIpc) is 3.27. The Morgan fingerprint density at radius 1 is 0.941 bits per heavy atom. The fourth-order valence-corrected chi connectivity index (χ4v) is 4.89. The first-order chi connectivity index (χ1) is 16.5. The number of carbonyl (C=O) groups is 2. The van der Waals surface area contributed by atoms with Crippen LogP contribution < -0.4 is 0 Å². The van der Waals surface area contributed by atoms with Crippen molar-refractivity contribution in [3.05, 3.63) is 93.7 Å². The van der Waals surface area contributed by atoms with Crippen molar-refractivity contribution in [2.24, 2.45) is 0 Å². The van der Waals surface area contributed by atoms with E-state index in [1.807, 2.05) is 72.5 Å². The zero-order valence-corrected chi connectivity index (χ0v) is 21.1. The van der Waals surface area contributed by atoms with Gasteiger partial charge in [-0.05, 0) is 41.5 Å². The number of nitrogens with zero attached hydrogens (tertiary/aromatic N) is 2. The first-order valence-corrected chi connectivity index (χ1v) is 12.6. The Bertz CT molecular complexity index is 1040. The minimum atomic E-state index is -0.284. The van der Waals surface area contributed by atoms with Crippen LogP contribution in [0.3, 0.4) is 0 Å². The van der Waals surface area contributed by atoms with Gasteiger partial charge in [0.05, 0.1) is 25.6 Å². The third-order valence-electron chi connectivity index (χ3n) is 5.98. The molecule has 180 valence electrons. The van der Waals surface area contributed by atoms with E-state index < -0.39 is 0 Å². The van der Waals surface area contributed by atoms with Crippen LogP contribution >= 0.6 is 11.3 Å². The predicted octanol–water partition coefficient (Wildman–Crippen LogP) is 5.25. The quantitative estimate of drug-likeness (QED) is 0.357. The molecule has 0 bridgehead atoms. The zero-order chi connectivity index (χ0) is 24.3. The average molecular weight is 479 g/mol. The number of carbonyl (C=O) groups excluding carboxylic acids is 2. The Kier molecular flexibility index (Phi) is 9.86. The van der Waals surface area contributed by atoms with E-state index in [1.54, 1.807) is 23.3 Å². The van der Waals surface area contributed by atoms with Crippen molar-refractivity contribution in [3.8, 4) is 0 Å². The Hall–Kier alpha value is -2.96. The largest absolute Gasteiger partial charge is 0.383 e. The van der Waals surface area contributed by atoms with Gasteiger partial charge in [-0.3, -0.25) is 9.59 Å². The standard InChI is InChI=1S/C28H34N2O3S/c1-4-25(24-13-9-6-10-14-24)28(32)29(16-17-33-3)21-27(31)30(19-23-11-7-5-8-12-23)20-26-22(2)15-18-34-26/h5-15,18,25H,4,16-17,19-21H2,1-3H3. The van der Waals surface area contributed by atoms with E-state index in [0.717, 1.165) is 16.0 Å². The first kappa shape index (κ1) is 25.7. The Balaban J connectivity index is 1.81. The van der Waals surface area contributed by atoms with Crippen LogP contribution in [0.4, 0.5) is 0 Å². The van der Waals surface area contributed by atoms with Crippen molar-refractivity contribution in [2.75, 3.05) is 26.8 Å². The van der Waals surface area contributed by atoms with E-state index in [9.17, 15) is 9.59 Å². The molecule has 0 saturated heterocycles. The summed E-state index contributed by atoms with van der Waals surface area (Å²) in [6.07, 6.45) is 0.669. The number of ether oxygens (including phenoxy) is 1. The molecular weight excluding hydrogens is 444 g/mol. The number of amides is 2. The fraction of sp³-hybridized carbons (Fsp3) is 0.357. The van der Waals surface area contributed by atoms with Crippen molar-refractivity contribution >= 4 is 23.2 Å². The van der Waals surface area contributed by atoms with Crippen LogP contribution in [-0.2, 0) is 27.4 Å². The van der Waals surface area contributed by atoms with E-state index in [0.29, 0.717) is 32.7 Å². The van der Waals surface area contributed by atoms with Crippen LogP contribution in [0.25, 0.3) is 0 Å². The second-order valence-electron chi connectivity index (χ2n) is 8.39. The fourth-order valence-electron chi connectivity index (χ4n) is 3.97. The number of methoxy groups -OCH3 is 1. The number of rotatable bonds is 12. The minimum Gasteiger partial charge on any atom is -0.383 e. The molecule has 2 aromatic carbocycles. The van der Waals surface area contributed by atoms with Gasteiger partial charge in [-0.15, -0.1) is 11.3 Å². The highest BCUT2D eigenvalue weighted by Crippen LogP contribution is 2.23. The SMILES string of the molecule is CCC(C(=O)N(CCOC)CC(=O)N(Cc1ccccc1)Cc1sccc1C)c1ccccc1. The maximum absolute atomic E-state index is 13.6. The third-order valence-corrected chi connectivity index (χ3v) is 6.99. The van der Waals surface area contributed by atoms with Gasteiger partial charge in [-0.25, -0.2) is 0 Å². The zero-order valence-electron chi connectivity index (χ0n) is 20.3. The summed E-state index contributed by atoms with van der Waals surface area (Å²) in [5.74, 6) is -0.386. The second kappa shape index (κ2) is 13.1. The van der Waals surface area contributed by atoms with Crippen molar-refractivity contribution in [1.82, 2.24) is 9.80 Å². The van der Waals surface area contributed by atoms with Gasteiger partial charge in [-0.2, -0.15) is 0 Å². The molecule has 0 radical (unpaired) electrons. The monoisotopic (exact) mass is 478 g/mol. The molecule has 1 atom stereocenters. The molecule has 0 fully saturated rings. The molecule has 3 rings (SSSR count). The predicted molar refractivity (Wildman–Crippen MR) is 138 cm³/mol. The molecule has 0 aliphatic rings. The van der Waals surface area contributed by atoms with Gasteiger partial charge < -0.3 is 14.5 Å². The van der Waals surface area contributed by atoms with Gasteiger partial charge >= 0.3 is 0 Å². The molecule has 0 aliphatic heterocycles. The highest BCUT2D eigenvalue weighted by Gasteiger charge is 2.28. The molecule has 34 heavy (non-hydrogen) atoms. The summed E-state index contributed by atoms with van der Waals surface area (Å²) in [6.45, 7) is 5.89. The van der Waals surface area contributed by atoms with E-state index in [2.05, 4.69) is 18.4 Å². The van der Waals surface area contributed by atoms with Crippen molar-refractivity contribution in [2.45, 2.75) is 39.3 Å². The lowest BCUT2D eigenvalue weighted by Crippen LogP contribution is -2.45. The summed E-state index contributed by atoms with van der Waals surface area (Å²) < 4.78 is 5.26. The van der Waals surface area contributed by atoms with Crippen LogP contribution in [0.5, 0.6) is 0 Å². The smallest absolute Gasteiger partial charge is 0.242 e. The molecule has 2 amide bonds. The minimum absolute atomic E-state index is 0.0305. The molecular formula is C28H34N2O3S. The summed E-state index contributed by atoms with van der Waals surface area (Å²) in [6, 6.07) is 21.8. The van der Waals surface area contributed by atoms with Crippen LogP contribution in [-0.4, -0.2) is 48.4 Å². The van der Waals surface area contributed by atoms with E-state index in [4.69, 9.17) is 4.74 Å². The van der Waals surface area contributed by atoms with Crippen molar-refractivity contribution in [3.63, 3.8) is 0 Å². The molecule has 1 heterocycles. The van der Waals surface area contributed by atoms with Gasteiger partial charge in [0.1, 0.15) is 0 Å². The van der Waals surface area contributed by atoms with Crippen LogP contribution in [0.15, 0.2) is 72.1 Å². The summed E-state index contributed by atoms with van der Waals surface area (Å²) in [4.78, 5) is 31.8. The maximum atomic E-state index is 13.6. The molecule has 0 spiro atoms. The molecule has 0 N–H and O–H groups in total. The van der Waals surface area contributed by atoms with Crippen molar-refractivity contribution < 1.29 is 14.3 Å². The second-order valence-corrected chi connectivity index (χ2v) is 9.39. The summed E-state index contributed by atoms with van der Waals surface area (Å²) in [7, 11) is 1.61. The molecule has 3 aromatic rings. The Morgan fingerprint density at radius 2 is 1.62 bits per heavy atom. The van der Waals surface area contributed by atoms with E-state index >= 15 is 0 Å². The molecule has 1 aromatic heterocycles. The number of hydrogen-bond acceptors (Lipinski definition) is 4. The van der Waals surface area contributed by atoms with E-state index in [-0.39, 0.29) is 24.3 Å². The van der Waals surface area contributed by atoms with Crippen LogP contribution in [0, 0.1) is 6.92 Å².